The van der Waals surface area contributed by atoms with Crippen LogP contribution in [0.2, 0.25) is 5.02 Å². The third kappa shape index (κ3) is 3.79. The van der Waals surface area contributed by atoms with Crippen molar-refractivity contribution in [3.05, 3.63) is 52.7 Å². The van der Waals surface area contributed by atoms with Gasteiger partial charge in [0.2, 0.25) is 0 Å². The van der Waals surface area contributed by atoms with Crippen LogP contribution in [0, 0.1) is 0 Å². The summed E-state index contributed by atoms with van der Waals surface area (Å²) in [6.45, 7) is 2.52. The van der Waals surface area contributed by atoms with E-state index in [-0.39, 0.29) is 5.91 Å². The molecule has 0 bridgehead atoms. The van der Waals surface area contributed by atoms with E-state index in [0.29, 0.717) is 22.9 Å². The first kappa shape index (κ1) is 16.6. The van der Waals surface area contributed by atoms with Crippen LogP contribution < -0.4 is 15.0 Å². The lowest BCUT2D eigenvalue weighted by Crippen LogP contribution is -2.24. The van der Waals surface area contributed by atoms with Gasteiger partial charge < -0.3 is 15.0 Å². The van der Waals surface area contributed by atoms with Crippen LogP contribution in [0.15, 0.2) is 36.5 Å². The number of nitrogens with one attached hydrogen (secondary N) is 1. The SMILES string of the molecule is COc1ccc(Cl)cc1C(=O)NCc1ccnc(N2CCCC2)c1. The molecule has 1 aromatic carbocycles. The summed E-state index contributed by atoms with van der Waals surface area (Å²) >= 11 is 5.98. The van der Waals surface area contributed by atoms with Crippen LogP contribution in [0.3, 0.4) is 0 Å². The number of nitrogens with zero attached hydrogens (tertiary/aromatic N) is 2. The molecule has 0 aliphatic carbocycles. The van der Waals surface area contributed by atoms with Gasteiger partial charge in [0.25, 0.3) is 5.91 Å². The Labute approximate surface area is 146 Å². The van der Waals surface area contributed by atoms with Crippen molar-refractivity contribution in [3.8, 4) is 5.75 Å². The van der Waals surface area contributed by atoms with Crippen molar-refractivity contribution in [1.29, 1.82) is 0 Å². The maximum absolute atomic E-state index is 12.4. The summed E-state index contributed by atoms with van der Waals surface area (Å²) in [5.74, 6) is 1.26. The average molecular weight is 346 g/mol. The van der Waals surface area contributed by atoms with Crippen molar-refractivity contribution in [3.63, 3.8) is 0 Å². The Balaban J connectivity index is 1.68. The molecular formula is C18H20ClN3O2. The molecule has 0 atom stereocenters. The molecule has 2 aromatic rings. The van der Waals surface area contributed by atoms with Gasteiger partial charge in [0, 0.05) is 30.9 Å². The van der Waals surface area contributed by atoms with Crippen LogP contribution in [0.25, 0.3) is 0 Å². The zero-order valence-electron chi connectivity index (χ0n) is 13.6. The first-order valence-electron chi connectivity index (χ1n) is 7.99. The third-order valence-corrected chi connectivity index (χ3v) is 4.33. The van der Waals surface area contributed by atoms with Crippen molar-refractivity contribution < 1.29 is 9.53 Å². The second kappa shape index (κ2) is 7.53. The summed E-state index contributed by atoms with van der Waals surface area (Å²) in [6.07, 6.45) is 4.20. The summed E-state index contributed by atoms with van der Waals surface area (Å²) in [6, 6.07) is 8.94. The highest BCUT2D eigenvalue weighted by molar-refractivity contribution is 6.31. The van der Waals surface area contributed by atoms with Crippen molar-refractivity contribution >= 4 is 23.3 Å². The summed E-state index contributed by atoms with van der Waals surface area (Å²) in [5.41, 5.74) is 1.44. The summed E-state index contributed by atoms with van der Waals surface area (Å²) in [4.78, 5) is 19.1. The molecule has 2 heterocycles. The molecule has 0 radical (unpaired) electrons. The van der Waals surface area contributed by atoms with Crippen molar-refractivity contribution in [2.75, 3.05) is 25.1 Å². The second-order valence-corrected chi connectivity index (χ2v) is 6.18. The van der Waals surface area contributed by atoms with Gasteiger partial charge in [-0.25, -0.2) is 4.98 Å². The topological polar surface area (TPSA) is 54.5 Å². The van der Waals surface area contributed by atoms with E-state index in [4.69, 9.17) is 16.3 Å². The molecule has 3 rings (SSSR count). The van der Waals surface area contributed by atoms with E-state index in [2.05, 4.69) is 15.2 Å². The number of carbonyl (C=O) groups excluding carboxylic acids is 1. The zero-order chi connectivity index (χ0) is 16.9. The van der Waals surface area contributed by atoms with Gasteiger partial charge in [-0.2, -0.15) is 0 Å². The molecule has 0 spiro atoms. The van der Waals surface area contributed by atoms with Gasteiger partial charge in [0.15, 0.2) is 0 Å². The Bertz CT molecular complexity index is 730. The fraction of sp³-hybridized carbons (Fsp3) is 0.333. The predicted molar refractivity (Wildman–Crippen MR) is 94.9 cm³/mol. The molecule has 1 aliphatic rings. The Morgan fingerprint density at radius 1 is 1.29 bits per heavy atom. The lowest BCUT2D eigenvalue weighted by Gasteiger charge is -2.17. The van der Waals surface area contributed by atoms with Crippen LogP contribution in [-0.2, 0) is 6.54 Å². The Hall–Kier alpha value is -2.27. The molecule has 1 aliphatic heterocycles. The van der Waals surface area contributed by atoms with E-state index in [9.17, 15) is 4.79 Å². The molecule has 1 amide bonds. The molecule has 1 saturated heterocycles. The zero-order valence-corrected chi connectivity index (χ0v) is 14.3. The first-order valence-corrected chi connectivity index (χ1v) is 8.37. The molecule has 126 valence electrons. The third-order valence-electron chi connectivity index (χ3n) is 4.10. The van der Waals surface area contributed by atoms with Crippen LogP contribution in [-0.4, -0.2) is 31.1 Å². The molecule has 1 fully saturated rings. The Kier molecular flexibility index (Phi) is 5.20. The number of hydrogen-bond acceptors (Lipinski definition) is 4. The predicted octanol–water partition coefficient (Wildman–Crippen LogP) is 3.27. The molecule has 5 nitrogen and oxygen atoms in total. The lowest BCUT2D eigenvalue weighted by atomic mass is 10.1. The number of halogens is 1. The van der Waals surface area contributed by atoms with Crippen molar-refractivity contribution in [2.24, 2.45) is 0 Å². The van der Waals surface area contributed by atoms with Gasteiger partial charge in [-0.3, -0.25) is 4.79 Å². The Morgan fingerprint density at radius 3 is 2.83 bits per heavy atom. The van der Waals surface area contributed by atoms with Gasteiger partial charge in [-0.1, -0.05) is 11.6 Å². The van der Waals surface area contributed by atoms with Gasteiger partial charge in [0.05, 0.1) is 12.7 Å². The molecule has 1 N–H and O–H groups in total. The molecule has 6 heteroatoms. The van der Waals surface area contributed by atoms with Gasteiger partial charge >= 0.3 is 0 Å². The standard InChI is InChI=1S/C18H20ClN3O2/c1-24-16-5-4-14(19)11-15(16)18(23)21-12-13-6-7-20-17(10-13)22-8-2-3-9-22/h4-7,10-11H,2-3,8-9,12H2,1H3,(H,21,23). The molecular weight excluding hydrogens is 326 g/mol. The smallest absolute Gasteiger partial charge is 0.255 e. The van der Waals surface area contributed by atoms with E-state index in [1.807, 2.05) is 12.1 Å². The van der Waals surface area contributed by atoms with E-state index >= 15 is 0 Å². The minimum Gasteiger partial charge on any atom is -0.496 e. The number of rotatable bonds is 5. The molecule has 0 saturated carbocycles. The number of pyridine rings is 1. The van der Waals surface area contributed by atoms with Crippen molar-refractivity contribution in [2.45, 2.75) is 19.4 Å². The molecule has 1 aromatic heterocycles. The monoisotopic (exact) mass is 345 g/mol. The summed E-state index contributed by atoms with van der Waals surface area (Å²) < 4.78 is 5.22. The maximum atomic E-state index is 12.4. The van der Waals surface area contributed by atoms with Gasteiger partial charge in [0.1, 0.15) is 11.6 Å². The number of methoxy groups -OCH3 is 1. The summed E-state index contributed by atoms with van der Waals surface area (Å²) in [5, 5.41) is 3.41. The number of anilines is 1. The molecule has 24 heavy (non-hydrogen) atoms. The minimum absolute atomic E-state index is 0.214. The van der Waals surface area contributed by atoms with Crippen LogP contribution in [0.1, 0.15) is 28.8 Å². The molecule has 0 unspecified atom stereocenters. The average Bonchev–Trinajstić information content (AvgIpc) is 3.14. The Morgan fingerprint density at radius 2 is 2.08 bits per heavy atom. The second-order valence-electron chi connectivity index (χ2n) is 5.74. The van der Waals surface area contributed by atoms with Crippen LogP contribution in [0.5, 0.6) is 5.75 Å². The number of amides is 1. The number of hydrogen-bond donors (Lipinski definition) is 1. The van der Waals surface area contributed by atoms with E-state index in [1.165, 1.54) is 20.0 Å². The highest BCUT2D eigenvalue weighted by atomic mass is 35.5. The number of ether oxygens (including phenoxy) is 1. The maximum Gasteiger partial charge on any atom is 0.255 e. The normalized spacial score (nSPS) is 13.8. The number of aromatic nitrogens is 1. The van der Waals surface area contributed by atoms with Gasteiger partial charge in [-0.05, 0) is 48.7 Å². The fourth-order valence-electron chi connectivity index (χ4n) is 2.82. The fourth-order valence-corrected chi connectivity index (χ4v) is 3.00. The van der Waals surface area contributed by atoms with Gasteiger partial charge in [-0.15, -0.1) is 0 Å². The van der Waals surface area contributed by atoms with Crippen LogP contribution in [0.4, 0.5) is 5.82 Å². The van der Waals surface area contributed by atoms with Crippen molar-refractivity contribution in [1.82, 2.24) is 10.3 Å². The lowest BCUT2D eigenvalue weighted by molar-refractivity contribution is 0.0948. The highest BCUT2D eigenvalue weighted by Gasteiger charge is 2.15. The minimum atomic E-state index is -0.214. The number of carbonyl (C=O) groups is 1. The number of benzene rings is 1. The largest absolute Gasteiger partial charge is 0.496 e. The van der Waals surface area contributed by atoms with E-state index in [0.717, 1.165) is 24.5 Å². The summed E-state index contributed by atoms with van der Waals surface area (Å²) in [7, 11) is 1.53. The van der Waals surface area contributed by atoms with E-state index < -0.39 is 0 Å². The van der Waals surface area contributed by atoms with Crippen LogP contribution >= 0.6 is 11.6 Å². The quantitative estimate of drug-likeness (QED) is 0.903. The highest BCUT2D eigenvalue weighted by Crippen LogP contribution is 2.23. The van der Waals surface area contributed by atoms with E-state index in [1.54, 1.807) is 24.4 Å². The first-order chi connectivity index (χ1) is 11.7.